The van der Waals surface area contributed by atoms with Crippen molar-refractivity contribution in [3.63, 3.8) is 0 Å². The number of hydrogen-bond acceptors (Lipinski definition) is 7. The summed E-state index contributed by atoms with van der Waals surface area (Å²) in [4.78, 5) is 13.5. The van der Waals surface area contributed by atoms with E-state index in [2.05, 4.69) is 20.1 Å². The number of rotatable bonds is 19. The van der Waals surface area contributed by atoms with Crippen molar-refractivity contribution in [2.24, 2.45) is 5.92 Å². The van der Waals surface area contributed by atoms with Crippen LogP contribution in [-0.2, 0) is 32.0 Å². The average Bonchev–Trinajstić information content (AvgIpc) is 2.93. The van der Waals surface area contributed by atoms with E-state index >= 15 is 0 Å². The highest BCUT2D eigenvalue weighted by atomic mass is 16.7. The first kappa shape index (κ1) is 31.1. The van der Waals surface area contributed by atoms with Crippen molar-refractivity contribution in [3.8, 4) is 11.5 Å². The molecule has 0 fully saturated rings. The summed E-state index contributed by atoms with van der Waals surface area (Å²) in [5.74, 6) is 0.979. The summed E-state index contributed by atoms with van der Waals surface area (Å²) in [6, 6.07) is 13.2. The predicted molar refractivity (Wildman–Crippen MR) is 149 cm³/mol. The Morgan fingerprint density at radius 3 is 2.39 bits per heavy atom. The third kappa shape index (κ3) is 9.97. The minimum atomic E-state index is -0.450. The number of allylic oxidation sites excluding steroid dienone is 2. The Morgan fingerprint density at radius 2 is 1.76 bits per heavy atom. The van der Waals surface area contributed by atoms with Crippen molar-refractivity contribution in [1.82, 2.24) is 0 Å². The fraction of sp³-hybridized carbons (Fsp3) is 0.452. The number of hydrogen-bond donors (Lipinski definition) is 0. The van der Waals surface area contributed by atoms with Crippen LogP contribution in [0.4, 0.5) is 0 Å². The molecule has 0 spiro atoms. The van der Waals surface area contributed by atoms with Crippen LogP contribution >= 0.6 is 0 Å². The summed E-state index contributed by atoms with van der Waals surface area (Å²) < 4.78 is 33.9. The average molecular weight is 527 g/mol. The van der Waals surface area contributed by atoms with Crippen LogP contribution in [0.5, 0.6) is 11.5 Å². The van der Waals surface area contributed by atoms with E-state index in [1.807, 2.05) is 42.5 Å². The normalized spacial score (nSPS) is 13.3. The Morgan fingerprint density at radius 1 is 1.00 bits per heavy atom. The van der Waals surface area contributed by atoms with Gasteiger partial charge in [0.15, 0.2) is 0 Å². The second-order valence-electron chi connectivity index (χ2n) is 9.05. The van der Waals surface area contributed by atoms with Gasteiger partial charge < -0.3 is 28.4 Å². The first-order valence-corrected chi connectivity index (χ1v) is 12.9. The Hall–Kier alpha value is -3.13. The van der Waals surface area contributed by atoms with Gasteiger partial charge in [0.25, 0.3) is 0 Å². The second kappa shape index (κ2) is 17.4. The lowest BCUT2D eigenvalue weighted by atomic mass is 9.94. The summed E-state index contributed by atoms with van der Waals surface area (Å²) in [5.41, 5.74) is 2.24. The van der Waals surface area contributed by atoms with Crippen molar-refractivity contribution < 1.29 is 33.2 Å². The summed E-state index contributed by atoms with van der Waals surface area (Å²) in [6.07, 6.45) is 5.24. The van der Waals surface area contributed by atoms with Crippen LogP contribution in [0, 0.1) is 5.92 Å². The molecule has 0 amide bonds. The number of benzene rings is 2. The van der Waals surface area contributed by atoms with Crippen LogP contribution in [0.15, 0.2) is 67.8 Å². The van der Waals surface area contributed by atoms with E-state index < -0.39 is 12.1 Å². The molecule has 38 heavy (non-hydrogen) atoms. The molecule has 0 saturated carbocycles. The molecule has 3 unspecified atom stereocenters. The zero-order valence-electron chi connectivity index (χ0n) is 23.1. The molecule has 0 aromatic heterocycles. The van der Waals surface area contributed by atoms with Crippen molar-refractivity contribution in [2.75, 3.05) is 34.7 Å². The van der Waals surface area contributed by atoms with Gasteiger partial charge in [-0.25, -0.2) is 4.79 Å². The Balaban J connectivity index is 2.18. The van der Waals surface area contributed by atoms with Gasteiger partial charge in [0, 0.05) is 20.0 Å². The van der Waals surface area contributed by atoms with Gasteiger partial charge in [0.1, 0.15) is 30.0 Å². The van der Waals surface area contributed by atoms with Gasteiger partial charge in [0.05, 0.1) is 33.5 Å². The van der Waals surface area contributed by atoms with Gasteiger partial charge in [-0.1, -0.05) is 43.3 Å². The van der Waals surface area contributed by atoms with Crippen molar-refractivity contribution in [2.45, 2.75) is 51.4 Å². The highest BCUT2D eigenvalue weighted by Crippen LogP contribution is 2.27. The number of ether oxygens (including phenoxy) is 6. The lowest BCUT2D eigenvalue weighted by Gasteiger charge is -2.28. The van der Waals surface area contributed by atoms with Gasteiger partial charge in [-0.3, -0.25) is 0 Å². The van der Waals surface area contributed by atoms with Crippen LogP contribution in [-0.4, -0.2) is 52.9 Å². The summed E-state index contributed by atoms with van der Waals surface area (Å²) in [6.45, 7) is 10.7. The fourth-order valence-corrected chi connectivity index (χ4v) is 4.16. The van der Waals surface area contributed by atoms with E-state index in [0.29, 0.717) is 43.8 Å². The van der Waals surface area contributed by atoms with Crippen LogP contribution in [0.2, 0.25) is 0 Å². The third-order valence-electron chi connectivity index (χ3n) is 6.25. The molecule has 3 atom stereocenters. The summed E-state index contributed by atoms with van der Waals surface area (Å²) in [7, 11) is 4.76. The molecule has 2 aromatic rings. The molecule has 0 aliphatic rings. The summed E-state index contributed by atoms with van der Waals surface area (Å²) in [5, 5.41) is 0. The molecule has 208 valence electrons. The largest absolute Gasteiger partial charge is 0.497 e. The SMILES string of the molecule is C=CCc1cccc(OC)c1C(=O)OC(CCOCc1ccc(OC)cc1)CC(OCOC)C(C)CC=C. The maximum absolute atomic E-state index is 13.5. The van der Waals surface area contributed by atoms with Crippen LogP contribution < -0.4 is 9.47 Å². The van der Waals surface area contributed by atoms with Gasteiger partial charge >= 0.3 is 5.97 Å². The van der Waals surface area contributed by atoms with Gasteiger partial charge in [0.2, 0.25) is 0 Å². The van der Waals surface area contributed by atoms with E-state index in [9.17, 15) is 4.79 Å². The van der Waals surface area contributed by atoms with Crippen LogP contribution in [0.3, 0.4) is 0 Å². The van der Waals surface area contributed by atoms with Crippen LogP contribution in [0.25, 0.3) is 0 Å². The second-order valence-corrected chi connectivity index (χ2v) is 9.05. The van der Waals surface area contributed by atoms with Gasteiger partial charge in [-0.15, -0.1) is 13.2 Å². The molecule has 2 rings (SSSR count). The first-order chi connectivity index (χ1) is 18.5. The molecular formula is C31H42O7. The van der Waals surface area contributed by atoms with E-state index in [0.717, 1.165) is 23.3 Å². The standard InChI is InChI=1S/C31H42O7/c1-7-10-23(3)29(37-22-33-4)20-27(18-19-36-21-24-14-16-26(34-5)17-15-24)38-31(32)30-25(11-8-2)12-9-13-28(30)35-6/h7-9,12-17,23,27,29H,1-2,10-11,18-22H2,3-6H3. The highest BCUT2D eigenvalue weighted by Gasteiger charge is 2.27. The lowest BCUT2D eigenvalue weighted by Crippen LogP contribution is -2.31. The number of methoxy groups -OCH3 is 3. The number of carbonyl (C=O) groups is 1. The van der Waals surface area contributed by atoms with Gasteiger partial charge in [-0.2, -0.15) is 0 Å². The van der Waals surface area contributed by atoms with E-state index in [-0.39, 0.29) is 18.8 Å². The Kier molecular flexibility index (Phi) is 14.2. The van der Waals surface area contributed by atoms with Gasteiger partial charge in [-0.05, 0) is 48.1 Å². The smallest absolute Gasteiger partial charge is 0.342 e. The molecule has 0 bridgehead atoms. The number of carbonyl (C=O) groups excluding carboxylic acids is 1. The van der Waals surface area contributed by atoms with Crippen molar-refractivity contribution >= 4 is 5.97 Å². The molecule has 0 saturated heterocycles. The summed E-state index contributed by atoms with van der Waals surface area (Å²) >= 11 is 0. The monoisotopic (exact) mass is 526 g/mol. The number of esters is 1. The zero-order valence-corrected chi connectivity index (χ0v) is 23.1. The van der Waals surface area contributed by atoms with Crippen molar-refractivity contribution in [3.05, 3.63) is 84.5 Å². The van der Waals surface area contributed by atoms with E-state index in [1.54, 1.807) is 33.5 Å². The molecule has 7 nitrogen and oxygen atoms in total. The lowest BCUT2D eigenvalue weighted by molar-refractivity contribution is -0.104. The predicted octanol–water partition coefficient (Wildman–Crippen LogP) is 6.16. The quantitative estimate of drug-likeness (QED) is 0.0940. The Bertz CT molecular complexity index is 986. The first-order valence-electron chi connectivity index (χ1n) is 12.9. The highest BCUT2D eigenvalue weighted by molar-refractivity contribution is 5.94. The third-order valence-corrected chi connectivity index (χ3v) is 6.25. The Labute approximate surface area is 227 Å². The van der Waals surface area contributed by atoms with Crippen molar-refractivity contribution in [1.29, 1.82) is 0 Å². The molecule has 0 N–H and O–H groups in total. The molecule has 7 heteroatoms. The minimum Gasteiger partial charge on any atom is -0.497 e. The maximum Gasteiger partial charge on any atom is 0.342 e. The van der Waals surface area contributed by atoms with E-state index in [1.165, 1.54) is 0 Å². The zero-order chi connectivity index (χ0) is 27.8. The topological polar surface area (TPSA) is 72.5 Å². The molecule has 0 heterocycles. The molecule has 0 aliphatic heterocycles. The maximum atomic E-state index is 13.5. The van der Waals surface area contributed by atoms with E-state index in [4.69, 9.17) is 28.4 Å². The van der Waals surface area contributed by atoms with Crippen LogP contribution in [0.1, 0.15) is 47.7 Å². The minimum absolute atomic E-state index is 0.150. The molecular weight excluding hydrogens is 484 g/mol. The molecule has 0 aliphatic carbocycles. The fourth-order valence-electron chi connectivity index (χ4n) is 4.16. The molecule has 2 aromatic carbocycles. The molecule has 0 radical (unpaired) electrons.